The summed E-state index contributed by atoms with van der Waals surface area (Å²) in [6.07, 6.45) is 0.958. The standard InChI is InChI=1S/C26H29FN4O3/c1-28-11-12-34-18-5-3-16(4-6-18)21-13-22(19-7-8-23(33-2)24(27)25(19)30-21)31-14-17-9-10-29-26(32)20(17)15-31/h3-8,13,17,20,28H,9-12,14-15H2,1-2H3,(H,29,32)/t17-,20+/m0/s1. The topological polar surface area (TPSA) is 75.7 Å². The van der Waals surface area contributed by atoms with E-state index in [1.807, 2.05) is 43.4 Å². The van der Waals surface area contributed by atoms with Crippen molar-refractivity contribution in [2.75, 3.05) is 51.8 Å². The second kappa shape index (κ2) is 9.46. The van der Waals surface area contributed by atoms with Gasteiger partial charge in [0.2, 0.25) is 5.91 Å². The summed E-state index contributed by atoms with van der Waals surface area (Å²) >= 11 is 0. The monoisotopic (exact) mass is 464 g/mol. The first-order valence-corrected chi connectivity index (χ1v) is 11.7. The van der Waals surface area contributed by atoms with Gasteiger partial charge in [-0.05, 0) is 61.9 Å². The van der Waals surface area contributed by atoms with Crippen LogP contribution < -0.4 is 25.0 Å². The number of ether oxygens (including phenoxy) is 2. The van der Waals surface area contributed by atoms with E-state index in [2.05, 4.69) is 20.5 Å². The molecule has 0 saturated carbocycles. The number of carbonyl (C=O) groups excluding carboxylic acids is 1. The second-order valence-electron chi connectivity index (χ2n) is 8.83. The van der Waals surface area contributed by atoms with Crippen molar-refractivity contribution in [3.63, 3.8) is 0 Å². The summed E-state index contributed by atoms with van der Waals surface area (Å²) in [6, 6.07) is 13.1. The minimum atomic E-state index is -0.482. The van der Waals surface area contributed by atoms with E-state index in [-0.39, 0.29) is 23.1 Å². The summed E-state index contributed by atoms with van der Waals surface area (Å²) in [5.74, 6) is 0.812. The number of carbonyl (C=O) groups is 1. The first kappa shape index (κ1) is 22.4. The maximum atomic E-state index is 15.3. The van der Waals surface area contributed by atoms with Gasteiger partial charge in [-0.3, -0.25) is 4.79 Å². The largest absolute Gasteiger partial charge is 0.494 e. The lowest BCUT2D eigenvalue weighted by Crippen LogP contribution is -2.41. The first-order valence-electron chi connectivity index (χ1n) is 11.7. The minimum Gasteiger partial charge on any atom is -0.494 e. The number of benzene rings is 2. The molecule has 34 heavy (non-hydrogen) atoms. The summed E-state index contributed by atoms with van der Waals surface area (Å²) in [4.78, 5) is 19.3. The number of nitrogens with one attached hydrogen (secondary N) is 2. The van der Waals surface area contributed by atoms with Crippen LogP contribution in [0.2, 0.25) is 0 Å². The minimum absolute atomic E-state index is 0.0439. The predicted octanol–water partition coefficient (Wildman–Crippen LogP) is 3.22. The van der Waals surface area contributed by atoms with Crippen molar-refractivity contribution in [2.45, 2.75) is 6.42 Å². The molecule has 2 atom stereocenters. The van der Waals surface area contributed by atoms with Crippen molar-refractivity contribution < 1.29 is 18.7 Å². The number of piperidine rings is 1. The number of nitrogens with zero attached hydrogens (tertiary/aromatic N) is 2. The molecule has 3 heterocycles. The van der Waals surface area contributed by atoms with Crippen LogP contribution >= 0.6 is 0 Å². The van der Waals surface area contributed by atoms with E-state index in [1.165, 1.54) is 7.11 Å². The van der Waals surface area contributed by atoms with Crippen molar-refractivity contribution in [1.29, 1.82) is 0 Å². The summed E-state index contributed by atoms with van der Waals surface area (Å²) in [7, 11) is 3.33. The van der Waals surface area contributed by atoms with Crippen LogP contribution in [0.1, 0.15) is 6.42 Å². The summed E-state index contributed by atoms with van der Waals surface area (Å²) < 4.78 is 26.3. The van der Waals surface area contributed by atoms with Gasteiger partial charge in [0.1, 0.15) is 17.9 Å². The molecule has 2 aliphatic rings. The molecule has 178 valence electrons. The lowest BCUT2D eigenvalue weighted by molar-refractivity contribution is -0.127. The average Bonchev–Trinajstić information content (AvgIpc) is 3.30. The molecule has 3 aromatic rings. The fourth-order valence-corrected chi connectivity index (χ4v) is 4.95. The van der Waals surface area contributed by atoms with Gasteiger partial charge in [-0.15, -0.1) is 0 Å². The van der Waals surface area contributed by atoms with Crippen LogP contribution in [-0.2, 0) is 4.79 Å². The molecule has 0 spiro atoms. The Labute approximate surface area is 198 Å². The lowest BCUT2D eigenvalue weighted by atomic mass is 9.89. The van der Waals surface area contributed by atoms with Crippen molar-refractivity contribution >= 4 is 22.5 Å². The van der Waals surface area contributed by atoms with E-state index in [9.17, 15) is 4.79 Å². The number of amides is 1. The van der Waals surface area contributed by atoms with Crippen molar-refractivity contribution in [3.05, 3.63) is 48.3 Å². The maximum Gasteiger partial charge on any atom is 0.225 e. The molecule has 2 aliphatic heterocycles. The molecular weight excluding hydrogens is 435 g/mol. The molecule has 0 aliphatic carbocycles. The SMILES string of the molecule is CNCCOc1ccc(-c2cc(N3C[C@@H]4CCNC(=O)[C@@H]4C3)c3ccc(OC)c(F)c3n2)cc1. The molecule has 0 radical (unpaired) electrons. The van der Waals surface area contributed by atoms with Crippen molar-refractivity contribution in [3.8, 4) is 22.8 Å². The lowest BCUT2D eigenvalue weighted by Gasteiger charge is -2.23. The molecule has 1 amide bonds. The number of likely N-dealkylation sites (N-methyl/N-ethyl adjacent to an activating group) is 1. The summed E-state index contributed by atoms with van der Waals surface area (Å²) in [5.41, 5.74) is 2.68. The third-order valence-electron chi connectivity index (χ3n) is 6.79. The highest BCUT2D eigenvalue weighted by atomic mass is 19.1. The van der Waals surface area contributed by atoms with E-state index in [1.54, 1.807) is 6.07 Å². The second-order valence-corrected chi connectivity index (χ2v) is 8.83. The highest BCUT2D eigenvalue weighted by Gasteiger charge is 2.40. The van der Waals surface area contributed by atoms with Gasteiger partial charge in [0, 0.05) is 42.8 Å². The molecule has 7 nitrogen and oxygen atoms in total. The molecule has 5 rings (SSSR count). The first-order chi connectivity index (χ1) is 16.6. The van der Waals surface area contributed by atoms with Gasteiger partial charge >= 0.3 is 0 Å². The Morgan fingerprint density at radius 2 is 2.03 bits per heavy atom. The number of anilines is 1. The average molecular weight is 465 g/mol. The van der Waals surface area contributed by atoms with Crippen LogP contribution in [0, 0.1) is 17.7 Å². The van der Waals surface area contributed by atoms with Gasteiger partial charge in [0.05, 0.1) is 18.7 Å². The molecule has 0 unspecified atom stereocenters. The molecule has 2 saturated heterocycles. The number of aromatic nitrogens is 1. The zero-order valence-corrected chi connectivity index (χ0v) is 19.4. The zero-order valence-electron chi connectivity index (χ0n) is 19.4. The molecule has 2 fully saturated rings. The number of hydrogen-bond donors (Lipinski definition) is 2. The van der Waals surface area contributed by atoms with Crippen LogP contribution in [0.15, 0.2) is 42.5 Å². The molecule has 8 heteroatoms. The van der Waals surface area contributed by atoms with Gasteiger partial charge in [0.25, 0.3) is 0 Å². The number of halogens is 1. The molecule has 2 N–H and O–H groups in total. The van der Waals surface area contributed by atoms with E-state index in [0.717, 1.165) is 36.5 Å². The number of hydrogen-bond acceptors (Lipinski definition) is 6. The fraction of sp³-hybridized carbons (Fsp3) is 0.385. The quantitative estimate of drug-likeness (QED) is 0.523. The number of pyridine rings is 1. The van der Waals surface area contributed by atoms with Crippen molar-refractivity contribution in [1.82, 2.24) is 15.6 Å². The van der Waals surface area contributed by atoms with Crippen LogP contribution in [-0.4, -0.2) is 57.8 Å². The van der Waals surface area contributed by atoms with Crippen molar-refractivity contribution in [2.24, 2.45) is 11.8 Å². The normalized spacial score (nSPS) is 19.7. The third-order valence-corrected chi connectivity index (χ3v) is 6.79. The molecule has 2 aromatic carbocycles. The van der Waals surface area contributed by atoms with Crippen LogP contribution in [0.25, 0.3) is 22.2 Å². The van der Waals surface area contributed by atoms with E-state index in [0.29, 0.717) is 36.7 Å². The number of methoxy groups -OCH3 is 1. The highest BCUT2D eigenvalue weighted by molar-refractivity contribution is 5.96. The third kappa shape index (κ3) is 4.14. The Morgan fingerprint density at radius 3 is 2.76 bits per heavy atom. The number of rotatable bonds is 7. The summed E-state index contributed by atoms with van der Waals surface area (Å²) in [5, 5.41) is 6.74. The summed E-state index contributed by atoms with van der Waals surface area (Å²) in [6.45, 7) is 3.42. The number of fused-ring (bicyclic) bond motifs is 2. The van der Waals surface area contributed by atoms with Gasteiger partial charge in [-0.25, -0.2) is 9.37 Å². The Kier molecular flexibility index (Phi) is 6.24. The van der Waals surface area contributed by atoms with Crippen LogP contribution in [0.3, 0.4) is 0 Å². The molecule has 1 aromatic heterocycles. The smallest absolute Gasteiger partial charge is 0.225 e. The van der Waals surface area contributed by atoms with Gasteiger partial charge in [-0.1, -0.05) is 0 Å². The zero-order chi connectivity index (χ0) is 23.7. The Balaban J connectivity index is 1.55. The fourth-order valence-electron chi connectivity index (χ4n) is 4.95. The van der Waals surface area contributed by atoms with E-state index < -0.39 is 5.82 Å². The Morgan fingerprint density at radius 1 is 1.21 bits per heavy atom. The maximum absolute atomic E-state index is 15.3. The highest BCUT2D eigenvalue weighted by Crippen LogP contribution is 2.39. The van der Waals surface area contributed by atoms with Gasteiger partial charge < -0.3 is 25.0 Å². The van der Waals surface area contributed by atoms with E-state index >= 15 is 4.39 Å². The molecule has 0 bridgehead atoms. The van der Waals surface area contributed by atoms with Gasteiger partial charge in [-0.2, -0.15) is 0 Å². The Bertz CT molecular complexity index is 1200. The van der Waals surface area contributed by atoms with Crippen LogP contribution in [0.5, 0.6) is 11.5 Å². The molecular formula is C26H29FN4O3. The van der Waals surface area contributed by atoms with Gasteiger partial charge in [0.15, 0.2) is 11.6 Å². The van der Waals surface area contributed by atoms with E-state index in [4.69, 9.17) is 9.47 Å². The predicted molar refractivity (Wildman–Crippen MR) is 130 cm³/mol. The Hall–Kier alpha value is -3.39. The van der Waals surface area contributed by atoms with Crippen LogP contribution in [0.4, 0.5) is 10.1 Å².